The van der Waals surface area contributed by atoms with Crippen molar-refractivity contribution < 1.29 is 10.0 Å². The molecule has 1 aromatic heterocycles. The van der Waals surface area contributed by atoms with Gasteiger partial charge in [-0.2, -0.15) is 0 Å². The van der Waals surface area contributed by atoms with Crippen molar-refractivity contribution in [2.75, 3.05) is 6.61 Å². The number of hydrogen-bond acceptors (Lipinski definition) is 4. The molecule has 2 rings (SSSR count). The molecular formula is C12H13N3O3. The molecule has 0 amide bonds. The summed E-state index contributed by atoms with van der Waals surface area (Å²) in [5, 5.41) is 19.6. The van der Waals surface area contributed by atoms with Gasteiger partial charge in [0.25, 0.3) is 5.69 Å². The molecule has 0 fully saturated rings. The third kappa shape index (κ3) is 2.38. The van der Waals surface area contributed by atoms with Crippen LogP contribution >= 0.6 is 0 Å². The molecule has 0 saturated carbocycles. The second-order valence-electron chi connectivity index (χ2n) is 3.90. The molecule has 1 N–H and O–H groups in total. The number of aryl methyl sites for hydroxylation is 1. The summed E-state index contributed by atoms with van der Waals surface area (Å²) < 4.78 is 1.81. The van der Waals surface area contributed by atoms with Gasteiger partial charge in [-0.05, 0) is 6.92 Å². The summed E-state index contributed by atoms with van der Waals surface area (Å²) in [6.07, 6.45) is 1.78. The number of benzene rings is 1. The summed E-state index contributed by atoms with van der Waals surface area (Å²) in [6.45, 7) is 2.33. The van der Waals surface area contributed by atoms with Crippen molar-refractivity contribution in [2.45, 2.75) is 13.5 Å². The van der Waals surface area contributed by atoms with Crippen molar-refractivity contribution in [1.29, 1.82) is 0 Å². The number of nitrogens with zero attached hydrogens (tertiary/aromatic N) is 3. The second kappa shape index (κ2) is 4.97. The first-order valence-electron chi connectivity index (χ1n) is 5.51. The number of nitro groups is 1. The van der Waals surface area contributed by atoms with Gasteiger partial charge in [-0.15, -0.1) is 0 Å². The van der Waals surface area contributed by atoms with Crippen LogP contribution in [0.15, 0.2) is 30.5 Å². The molecule has 0 atom stereocenters. The quantitative estimate of drug-likeness (QED) is 0.659. The van der Waals surface area contributed by atoms with Crippen LogP contribution in [-0.2, 0) is 6.54 Å². The lowest BCUT2D eigenvalue weighted by Gasteiger charge is -1.99. The number of aliphatic hydroxyl groups is 1. The zero-order valence-electron chi connectivity index (χ0n) is 9.91. The van der Waals surface area contributed by atoms with Crippen LogP contribution in [0.5, 0.6) is 0 Å². The van der Waals surface area contributed by atoms with Gasteiger partial charge in [0.05, 0.1) is 17.2 Å². The van der Waals surface area contributed by atoms with Crippen LogP contribution in [0, 0.1) is 17.0 Å². The van der Waals surface area contributed by atoms with Crippen molar-refractivity contribution in [1.82, 2.24) is 9.55 Å². The van der Waals surface area contributed by atoms with Gasteiger partial charge < -0.3 is 9.67 Å². The molecule has 18 heavy (non-hydrogen) atoms. The minimum atomic E-state index is -0.429. The average Bonchev–Trinajstić information content (AvgIpc) is 2.72. The number of aromatic nitrogens is 2. The molecule has 0 radical (unpaired) electrons. The van der Waals surface area contributed by atoms with E-state index in [1.165, 1.54) is 12.1 Å². The molecule has 0 aliphatic carbocycles. The zero-order valence-corrected chi connectivity index (χ0v) is 9.91. The molecule has 1 aromatic carbocycles. The summed E-state index contributed by atoms with van der Waals surface area (Å²) in [6, 6.07) is 6.35. The standard InChI is InChI=1S/C12H13N3O3/c1-9-13-12(8-14(9)5-6-16)10-3-2-4-11(7-10)15(17)18/h2-4,7-8,16H,5-6H2,1H3. The van der Waals surface area contributed by atoms with Crippen LogP contribution < -0.4 is 0 Å². The Morgan fingerprint density at radius 1 is 1.50 bits per heavy atom. The molecule has 0 spiro atoms. The molecule has 6 nitrogen and oxygen atoms in total. The van der Waals surface area contributed by atoms with Crippen molar-refractivity contribution >= 4 is 5.69 Å². The highest BCUT2D eigenvalue weighted by Gasteiger charge is 2.10. The Hall–Kier alpha value is -2.21. The molecule has 0 aliphatic rings. The molecule has 6 heteroatoms. The SMILES string of the molecule is Cc1nc(-c2cccc([N+](=O)[O-])c2)cn1CCO. The summed E-state index contributed by atoms with van der Waals surface area (Å²) in [5.74, 6) is 0.769. The van der Waals surface area contributed by atoms with Crippen molar-refractivity contribution in [3.05, 3.63) is 46.4 Å². The number of non-ortho nitro benzene ring substituents is 1. The van der Waals surface area contributed by atoms with E-state index in [4.69, 9.17) is 5.11 Å². The minimum Gasteiger partial charge on any atom is -0.395 e. The van der Waals surface area contributed by atoms with Crippen LogP contribution in [0.2, 0.25) is 0 Å². The molecule has 1 heterocycles. The van der Waals surface area contributed by atoms with E-state index < -0.39 is 4.92 Å². The highest BCUT2D eigenvalue weighted by Crippen LogP contribution is 2.23. The van der Waals surface area contributed by atoms with Crippen LogP contribution in [0.3, 0.4) is 0 Å². The zero-order chi connectivity index (χ0) is 13.1. The Balaban J connectivity index is 2.39. The first kappa shape index (κ1) is 12.3. The summed E-state index contributed by atoms with van der Waals surface area (Å²) in [7, 11) is 0. The third-order valence-corrected chi connectivity index (χ3v) is 2.67. The van der Waals surface area contributed by atoms with Crippen LogP contribution in [-0.4, -0.2) is 26.2 Å². The Kier molecular flexibility index (Phi) is 3.38. The largest absolute Gasteiger partial charge is 0.395 e. The van der Waals surface area contributed by atoms with Gasteiger partial charge >= 0.3 is 0 Å². The predicted octanol–water partition coefficient (Wildman–Crippen LogP) is 1.76. The maximum atomic E-state index is 10.7. The van der Waals surface area contributed by atoms with E-state index >= 15 is 0 Å². The predicted molar refractivity (Wildman–Crippen MR) is 66.1 cm³/mol. The first-order chi connectivity index (χ1) is 8.61. The van der Waals surface area contributed by atoms with Gasteiger partial charge in [-0.3, -0.25) is 10.1 Å². The number of aliphatic hydroxyl groups excluding tert-OH is 1. The van der Waals surface area contributed by atoms with Crippen molar-refractivity contribution in [3.63, 3.8) is 0 Å². The lowest BCUT2D eigenvalue weighted by Crippen LogP contribution is -2.02. The fourth-order valence-electron chi connectivity index (χ4n) is 1.76. The number of hydrogen-bond donors (Lipinski definition) is 1. The fraction of sp³-hybridized carbons (Fsp3) is 0.250. The molecule has 0 unspecified atom stereocenters. The summed E-state index contributed by atoms with van der Waals surface area (Å²) in [5.41, 5.74) is 1.41. The summed E-state index contributed by atoms with van der Waals surface area (Å²) >= 11 is 0. The molecule has 0 aliphatic heterocycles. The Morgan fingerprint density at radius 2 is 2.28 bits per heavy atom. The van der Waals surface area contributed by atoms with Gasteiger partial charge in [-0.25, -0.2) is 4.98 Å². The lowest BCUT2D eigenvalue weighted by molar-refractivity contribution is -0.384. The monoisotopic (exact) mass is 247 g/mol. The normalized spacial score (nSPS) is 10.6. The first-order valence-corrected chi connectivity index (χ1v) is 5.51. The van der Waals surface area contributed by atoms with E-state index in [9.17, 15) is 10.1 Å². The van der Waals surface area contributed by atoms with E-state index in [1.54, 1.807) is 18.3 Å². The second-order valence-corrected chi connectivity index (χ2v) is 3.90. The number of nitro benzene ring substituents is 1. The van der Waals surface area contributed by atoms with Gasteiger partial charge in [0.15, 0.2) is 0 Å². The van der Waals surface area contributed by atoms with Crippen LogP contribution in [0.25, 0.3) is 11.3 Å². The van der Waals surface area contributed by atoms with Gasteiger partial charge in [0, 0.05) is 30.4 Å². The summed E-state index contributed by atoms with van der Waals surface area (Å²) in [4.78, 5) is 14.6. The van der Waals surface area contributed by atoms with E-state index in [0.717, 1.165) is 5.82 Å². The van der Waals surface area contributed by atoms with Gasteiger partial charge in [-0.1, -0.05) is 12.1 Å². The van der Waals surface area contributed by atoms with Gasteiger partial charge in [0.2, 0.25) is 0 Å². The lowest BCUT2D eigenvalue weighted by atomic mass is 10.1. The van der Waals surface area contributed by atoms with Crippen molar-refractivity contribution in [3.8, 4) is 11.3 Å². The average molecular weight is 247 g/mol. The third-order valence-electron chi connectivity index (χ3n) is 2.67. The Morgan fingerprint density at radius 3 is 2.94 bits per heavy atom. The van der Waals surface area contributed by atoms with Crippen LogP contribution in [0.1, 0.15) is 5.82 Å². The van der Waals surface area contributed by atoms with E-state index in [1.807, 2.05) is 11.5 Å². The van der Waals surface area contributed by atoms with E-state index in [-0.39, 0.29) is 12.3 Å². The number of imidazole rings is 1. The smallest absolute Gasteiger partial charge is 0.270 e. The van der Waals surface area contributed by atoms with E-state index in [0.29, 0.717) is 17.8 Å². The van der Waals surface area contributed by atoms with Crippen LogP contribution in [0.4, 0.5) is 5.69 Å². The molecule has 0 saturated heterocycles. The Labute approximate surface area is 104 Å². The maximum Gasteiger partial charge on any atom is 0.270 e. The Bertz CT molecular complexity index is 578. The highest BCUT2D eigenvalue weighted by atomic mass is 16.6. The maximum absolute atomic E-state index is 10.7. The minimum absolute atomic E-state index is 0.0333. The molecule has 2 aromatic rings. The number of rotatable bonds is 4. The van der Waals surface area contributed by atoms with Crippen molar-refractivity contribution in [2.24, 2.45) is 0 Å². The molecular weight excluding hydrogens is 234 g/mol. The topological polar surface area (TPSA) is 81.2 Å². The fourth-order valence-corrected chi connectivity index (χ4v) is 1.76. The molecule has 0 bridgehead atoms. The van der Waals surface area contributed by atoms with E-state index in [2.05, 4.69) is 4.98 Å². The highest BCUT2D eigenvalue weighted by molar-refractivity contribution is 5.62. The van der Waals surface area contributed by atoms with Gasteiger partial charge in [0.1, 0.15) is 5.82 Å². The molecule has 94 valence electrons.